The standard InChI is InChI=1S/C18H20FN3O3S/c19-14-10-16(20-11-14)12-21-26(24,25)17-8-4-5-13(9-17)18(23)22-15-6-2-1-3-7-15/h1-9,14,16,20-21H,10-12H2,(H,22,23)/t14-,16-/m0/s1. The number of sulfonamides is 1. The number of carbonyl (C=O) groups is 1. The Bertz CT molecular complexity index is 874. The zero-order valence-corrected chi connectivity index (χ0v) is 14.8. The molecule has 8 heteroatoms. The van der Waals surface area contributed by atoms with Gasteiger partial charge < -0.3 is 10.6 Å². The molecule has 1 amide bonds. The third kappa shape index (κ3) is 4.66. The van der Waals surface area contributed by atoms with Gasteiger partial charge in [-0.15, -0.1) is 0 Å². The van der Waals surface area contributed by atoms with Gasteiger partial charge in [-0.25, -0.2) is 17.5 Å². The summed E-state index contributed by atoms with van der Waals surface area (Å²) in [7, 11) is -3.79. The van der Waals surface area contributed by atoms with Crippen molar-refractivity contribution in [1.82, 2.24) is 10.0 Å². The van der Waals surface area contributed by atoms with E-state index < -0.39 is 22.1 Å². The second-order valence-electron chi connectivity index (χ2n) is 6.14. The highest BCUT2D eigenvalue weighted by Crippen LogP contribution is 2.15. The predicted octanol–water partition coefficient (Wildman–Crippen LogP) is 1.92. The van der Waals surface area contributed by atoms with Crippen molar-refractivity contribution in [2.24, 2.45) is 0 Å². The quantitative estimate of drug-likeness (QED) is 0.718. The molecule has 2 aromatic rings. The summed E-state index contributed by atoms with van der Waals surface area (Å²) >= 11 is 0. The number of benzene rings is 2. The van der Waals surface area contributed by atoms with E-state index in [4.69, 9.17) is 0 Å². The van der Waals surface area contributed by atoms with Crippen molar-refractivity contribution in [1.29, 1.82) is 0 Å². The monoisotopic (exact) mass is 377 g/mol. The van der Waals surface area contributed by atoms with Crippen LogP contribution in [0.25, 0.3) is 0 Å². The first-order chi connectivity index (χ1) is 12.4. The summed E-state index contributed by atoms with van der Waals surface area (Å²) in [6.45, 7) is 0.338. The highest BCUT2D eigenvalue weighted by Gasteiger charge is 2.25. The van der Waals surface area contributed by atoms with Gasteiger partial charge in [0, 0.05) is 30.4 Å². The molecule has 3 N–H and O–H groups in total. The zero-order valence-electron chi connectivity index (χ0n) is 14.0. The van der Waals surface area contributed by atoms with Crippen LogP contribution >= 0.6 is 0 Å². The molecule has 2 atom stereocenters. The summed E-state index contributed by atoms with van der Waals surface area (Å²) in [6, 6.07) is 14.5. The van der Waals surface area contributed by atoms with Gasteiger partial charge in [-0.05, 0) is 36.8 Å². The van der Waals surface area contributed by atoms with Gasteiger partial charge in [0.2, 0.25) is 10.0 Å². The summed E-state index contributed by atoms with van der Waals surface area (Å²) in [5.74, 6) is -0.397. The average molecular weight is 377 g/mol. The third-order valence-electron chi connectivity index (χ3n) is 4.13. The van der Waals surface area contributed by atoms with Crippen LogP contribution in [0.5, 0.6) is 0 Å². The van der Waals surface area contributed by atoms with Crippen molar-refractivity contribution in [2.45, 2.75) is 23.5 Å². The minimum atomic E-state index is -3.79. The van der Waals surface area contributed by atoms with Crippen LogP contribution in [0.1, 0.15) is 16.8 Å². The normalized spacial score (nSPS) is 20.0. The van der Waals surface area contributed by atoms with E-state index in [0.717, 1.165) is 0 Å². The number of halogens is 1. The van der Waals surface area contributed by atoms with Gasteiger partial charge in [0.1, 0.15) is 6.17 Å². The number of anilines is 1. The molecule has 3 rings (SSSR count). The van der Waals surface area contributed by atoms with Crippen LogP contribution in [-0.4, -0.2) is 39.6 Å². The molecule has 138 valence electrons. The fourth-order valence-corrected chi connectivity index (χ4v) is 3.88. The highest BCUT2D eigenvalue weighted by atomic mass is 32.2. The average Bonchev–Trinajstić information content (AvgIpc) is 3.06. The van der Waals surface area contributed by atoms with Crippen molar-refractivity contribution < 1.29 is 17.6 Å². The lowest BCUT2D eigenvalue weighted by molar-refractivity contribution is 0.102. The van der Waals surface area contributed by atoms with E-state index in [1.807, 2.05) is 6.07 Å². The number of para-hydroxylation sites is 1. The van der Waals surface area contributed by atoms with Gasteiger partial charge in [-0.1, -0.05) is 24.3 Å². The maximum absolute atomic E-state index is 13.2. The van der Waals surface area contributed by atoms with Crippen LogP contribution in [0.3, 0.4) is 0 Å². The summed E-state index contributed by atoms with van der Waals surface area (Å²) in [5.41, 5.74) is 0.858. The lowest BCUT2D eigenvalue weighted by Gasteiger charge is -2.12. The van der Waals surface area contributed by atoms with E-state index in [1.54, 1.807) is 30.3 Å². The Morgan fingerprint density at radius 2 is 1.92 bits per heavy atom. The second-order valence-corrected chi connectivity index (χ2v) is 7.90. The Morgan fingerprint density at radius 1 is 1.15 bits per heavy atom. The predicted molar refractivity (Wildman–Crippen MR) is 97.3 cm³/mol. The van der Waals surface area contributed by atoms with Crippen LogP contribution in [-0.2, 0) is 10.0 Å². The van der Waals surface area contributed by atoms with E-state index in [-0.39, 0.29) is 36.0 Å². The van der Waals surface area contributed by atoms with Crippen LogP contribution in [0.4, 0.5) is 10.1 Å². The molecule has 1 saturated heterocycles. The second kappa shape index (κ2) is 7.94. The molecule has 1 heterocycles. The molecule has 2 aromatic carbocycles. The smallest absolute Gasteiger partial charge is 0.255 e. The number of alkyl halides is 1. The topological polar surface area (TPSA) is 87.3 Å². The van der Waals surface area contributed by atoms with Crippen molar-refractivity contribution >= 4 is 21.6 Å². The first-order valence-electron chi connectivity index (χ1n) is 8.27. The molecular weight excluding hydrogens is 357 g/mol. The molecular formula is C18H20FN3O3S. The Hall–Kier alpha value is -2.29. The maximum atomic E-state index is 13.2. The fourth-order valence-electron chi connectivity index (χ4n) is 2.75. The van der Waals surface area contributed by atoms with E-state index in [2.05, 4.69) is 15.4 Å². The fraction of sp³-hybridized carbons (Fsp3) is 0.278. The first-order valence-corrected chi connectivity index (χ1v) is 9.76. The van der Waals surface area contributed by atoms with Gasteiger partial charge in [-0.3, -0.25) is 4.79 Å². The molecule has 0 spiro atoms. The van der Waals surface area contributed by atoms with Crippen LogP contribution in [0.15, 0.2) is 59.5 Å². The Balaban J connectivity index is 1.68. The Morgan fingerprint density at radius 3 is 2.62 bits per heavy atom. The minimum Gasteiger partial charge on any atom is -0.322 e. The zero-order chi connectivity index (χ0) is 18.6. The van der Waals surface area contributed by atoms with E-state index >= 15 is 0 Å². The maximum Gasteiger partial charge on any atom is 0.255 e. The summed E-state index contributed by atoms with van der Waals surface area (Å²) in [6.07, 6.45) is -0.670. The summed E-state index contributed by atoms with van der Waals surface area (Å²) < 4.78 is 40.5. The van der Waals surface area contributed by atoms with Crippen molar-refractivity contribution in [3.05, 3.63) is 60.2 Å². The molecule has 26 heavy (non-hydrogen) atoms. The van der Waals surface area contributed by atoms with Gasteiger partial charge in [0.05, 0.1) is 4.90 Å². The van der Waals surface area contributed by atoms with Gasteiger partial charge in [0.15, 0.2) is 0 Å². The van der Waals surface area contributed by atoms with Gasteiger partial charge in [0.25, 0.3) is 5.91 Å². The van der Waals surface area contributed by atoms with Crippen LogP contribution in [0.2, 0.25) is 0 Å². The molecule has 0 unspecified atom stereocenters. The van der Waals surface area contributed by atoms with Crippen molar-refractivity contribution in [3.8, 4) is 0 Å². The largest absolute Gasteiger partial charge is 0.322 e. The van der Waals surface area contributed by atoms with E-state index in [0.29, 0.717) is 5.69 Å². The molecule has 6 nitrogen and oxygen atoms in total. The Labute approximate surface area is 151 Å². The molecule has 1 fully saturated rings. The SMILES string of the molecule is O=C(Nc1ccccc1)c1cccc(S(=O)(=O)NC[C@@H]2C[C@H](F)CN2)c1. The van der Waals surface area contributed by atoms with Crippen LogP contribution < -0.4 is 15.4 Å². The van der Waals surface area contributed by atoms with Crippen LogP contribution in [0, 0.1) is 0 Å². The molecule has 1 aliphatic heterocycles. The summed E-state index contributed by atoms with van der Waals surface area (Å²) in [4.78, 5) is 12.3. The molecule has 0 saturated carbocycles. The molecule has 0 aromatic heterocycles. The lowest BCUT2D eigenvalue weighted by atomic mass is 10.2. The van der Waals surface area contributed by atoms with Gasteiger partial charge in [-0.2, -0.15) is 0 Å². The van der Waals surface area contributed by atoms with E-state index in [1.165, 1.54) is 18.2 Å². The third-order valence-corrected chi connectivity index (χ3v) is 5.55. The van der Waals surface area contributed by atoms with Gasteiger partial charge >= 0.3 is 0 Å². The van der Waals surface area contributed by atoms with E-state index in [9.17, 15) is 17.6 Å². The number of hydrogen-bond acceptors (Lipinski definition) is 4. The molecule has 0 radical (unpaired) electrons. The molecule has 1 aliphatic rings. The minimum absolute atomic E-state index is 0.00647. The number of carbonyl (C=O) groups excluding carboxylic acids is 1. The number of hydrogen-bond donors (Lipinski definition) is 3. The highest BCUT2D eigenvalue weighted by molar-refractivity contribution is 7.89. The molecule has 0 aliphatic carbocycles. The van der Waals surface area contributed by atoms with Crippen molar-refractivity contribution in [2.75, 3.05) is 18.4 Å². The Kier molecular flexibility index (Phi) is 5.65. The number of rotatable bonds is 6. The molecule has 0 bridgehead atoms. The lowest BCUT2D eigenvalue weighted by Crippen LogP contribution is -2.37. The number of amides is 1. The van der Waals surface area contributed by atoms with Crippen molar-refractivity contribution in [3.63, 3.8) is 0 Å². The summed E-state index contributed by atoms with van der Waals surface area (Å²) in [5, 5.41) is 5.63. The number of nitrogens with one attached hydrogen (secondary N) is 3. The first kappa shape index (κ1) is 18.5.